The predicted molar refractivity (Wildman–Crippen MR) is 77.6 cm³/mol. The molecule has 2 rings (SSSR count). The number of ether oxygens (including phenoxy) is 1. The summed E-state index contributed by atoms with van der Waals surface area (Å²) >= 11 is 0. The van der Waals surface area contributed by atoms with Crippen molar-refractivity contribution in [2.45, 2.75) is 39.5 Å². The smallest absolute Gasteiger partial charge is 0.310 e. The number of carbonyl (C=O) groups is 1. The molecule has 2 heterocycles. The highest BCUT2D eigenvalue weighted by molar-refractivity contribution is 5.73. The van der Waals surface area contributed by atoms with Gasteiger partial charge in [0.2, 0.25) is 0 Å². The molecule has 0 bridgehead atoms. The maximum absolute atomic E-state index is 11.8. The van der Waals surface area contributed by atoms with Gasteiger partial charge in [0.05, 0.1) is 18.7 Å². The molecule has 1 aliphatic heterocycles. The lowest BCUT2D eigenvalue weighted by molar-refractivity contribution is -0.143. The van der Waals surface area contributed by atoms with Crippen LogP contribution >= 0.6 is 0 Å². The second kappa shape index (κ2) is 6.88. The molecule has 0 radical (unpaired) electrons. The Kier molecular flexibility index (Phi) is 5.17. The second-order valence-corrected chi connectivity index (χ2v) is 5.57. The van der Waals surface area contributed by atoms with Crippen LogP contribution in [0.2, 0.25) is 0 Å². The van der Waals surface area contributed by atoms with Crippen LogP contribution in [0.15, 0.2) is 0 Å². The van der Waals surface area contributed by atoms with Gasteiger partial charge in [-0.1, -0.05) is 0 Å². The quantitative estimate of drug-likeness (QED) is 0.586. The highest BCUT2D eigenvalue weighted by Gasteiger charge is 2.15. The van der Waals surface area contributed by atoms with Crippen LogP contribution in [-0.2, 0) is 23.0 Å². The first-order valence-electron chi connectivity index (χ1n) is 7.45. The Balaban J connectivity index is 1.69. The molecule has 0 amide bonds. The third kappa shape index (κ3) is 3.82. The zero-order valence-corrected chi connectivity index (χ0v) is 12.8. The number of hydrogen-bond donors (Lipinski definition) is 0. The summed E-state index contributed by atoms with van der Waals surface area (Å²) in [5, 5.41) is 4.31. The summed E-state index contributed by atoms with van der Waals surface area (Å²) in [6, 6.07) is 0. The zero-order chi connectivity index (χ0) is 14.5. The molecule has 20 heavy (non-hydrogen) atoms. The van der Waals surface area contributed by atoms with Crippen molar-refractivity contribution >= 4 is 5.97 Å². The van der Waals surface area contributed by atoms with Crippen molar-refractivity contribution in [3.63, 3.8) is 0 Å². The molecule has 1 aromatic heterocycles. The van der Waals surface area contributed by atoms with Crippen molar-refractivity contribution in [1.29, 1.82) is 0 Å². The van der Waals surface area contributed by atoms with Gasteiger partial charge in [-0.05, 0) is 46.2 Å². The van der Waals surface area contributed by atoms with Crippen LogP contribution in [0.25, 0.3) is 0 Å². The average Bonchev–Trinajstić information content (AvgIpc) is 3.00. The van der Waals surface area contributed by atoms with Crippen LogP contribution in [0.1, 0.15) is 36.2 Å². The molecular formula is C15H25N3O2. The largest absolute Gasteiger partial charge is 0.465 e. The minimum absolute atomic E-state index is 0.148. The van der Waals surface area contributed by atoms with E-state index in [0.29, 0.717) is 13.0 Å². The van der Waals surface area contributed by atoms with Crippen LogP contribution in [0.5, 0.6) is 0 Å². The fraction of sp³-hybridized carbons (Fsp3) is 0.733. The average molecular weight is 279 g/mol. The van der Waals surface area contributed by atoms with E-state index in [1.807, 2.05) is 25.6 Å². The second-order valence-electron chi connectivity index (χ2n) is 5.57. The Morgan fingerprint density at radius 3 is 2.60 bits per heavy atom. The summed E-state index contributed by atoms with van der Waals surface area (Å²) in [4.78, 5) is 14.3. The van der Waals surface area contributed by atoms with Gasteiger partial charge in [0.1, 0.15) is 0 Å². The highest BCUT2D eigenvalue weighted by atomic mass is 16.5. The number of likely N-dealkylation sites (tertiary alicyclic amines) is 1. The van der Waals surface area contributed by atoms with E-state index in [9.17, 15) is 4.79 Å². The van der Waals surface area contributed by atoms with Crippen molar-refractivity contribution in [1.82, 2.24) is 14.7 Å². The first-order valence-corrected chi connectivity index (χ1v) is 7.45. The fourth-order valence-electron chi connectivity index (χ4n) is 2.75. The van der Waals surface area contributed by atoms with Crippen LogP contribution in [0, 0.1) is 13.8 Å². The van der Waals surface area contributed by atoms with E-state index >= 15 is 0 Å². The van der Waals surface area contributed by atoms with Gasteiger partial charge < -0.3 is 9.64 Å². The number of hydrogen-bond acceptors (Lipinski definition) is 4. The van der Waals surface area contributed by atoms with Crippen molar-refractivity contribution in [3.05, 3.63) is 17.0 Å². The predicted octanol–water partition coefficient (Wildman–Crippen LogP) is 1.61. The number of aryl methyl sites for hydroxylation is 2. The van der Waals surface area contributed by atoms with Crippen LogP contribution in [0.3, 0.4) is 0 Å². The summed E-state index contributed by atoms with van der Waals surface area (Å²) in [5.41, 5.74) is 2.95. The first kappa shape index (κ1) is 15.0. The van der Waals surface area contributed by atoms with Crippen molar-refractivity contribution in [2.24, 2.45) is 7.05 Å². The highest BCUT2D eigenvalue weighted by Crippen LogP contribution is 2.13. The minimum atomic E-state index is -0.148. The molecule has 1 aliphatic rings. The molecule has 1 aromatic rings. The van der Waals surface area contributed by atoms with Gasteiger partial charge in [-0.25, -0.2) is 0 Å². The standard InChI is InChI=1S/C15H25N3O2/c1-12-14(13(2)17(3)16-12)11-15(19)20-10-6-9-18-7-4-5-8-18/h4-11H2,1-3H3. The Hall–Kier alpha value is -1.36. The third-order valence-corrected chi connectivity index (χ3v) is 4.06. The summed E-state index contributed by atoms with van der Waals surface area (Å²) in [6.07, 6.45) is 3.87. The first-order chi connectivity index (χ1) is 9.58. The molecule has 0 aromatic carbocycles. The molecule has 0 unspecified atom stereocenters. The molecule has 0 atom stereocenters. The molecule has 0 spiro atoms. The van der Waals surface area contributed by atoms with E-state index in [-0.39, 0.29) is 5.97 Å². The van der Waals surface area contributed by atoms with Gasteiger partial charge in [0.25, 0.3) is 0 Å². The number of nitrogens with zero attached hydrogens (tertiary/aromatic N) is 3. The Labute approximate surface area is 120 Å². The molecule has 1 fully saturated rings. The van der Waals surface area contributed by atoms with Gasteiger partial charge in [-0.15, -0.1) is 0 Å². The van der Waals surface area contributed by atoms with Gasteiger partial charge in [-0.2, -0.15) is 5.10 Å². The van der Waals surface area contributed by atoms with E-state index in [4.69, 9.17) is 4.74 Å². The van der Waals surface area contributed by atoms with Crippen molar-refractivity contribution < 1.29 is 9.53 Å². The number of carbonyl (C=O) groups excluding carboxylic acids is 1. The van der Waals surface area contributed by atoms with Gasteiger partial charge in [0, 0.05) is 24.8 Å². The number of rotatable bonds is 6. The van der Waals surface area contributed by atoms with E-state index < -0.39 is 0 Å². The van der Waals surface area contributed by atoms with Crippen LogP contribution in [-0.4, -0.2) is 46.9 Å². The lowest BCUT2D eigenvalue weighted by Crippen LogP contribution is -2.22. The van der Waals surface area contributed by atoms with E-state index in [1.54, 1.807) is 0 Å². The normalized spacial score (nSPS) is 15.8. The van der Waals surface area contributed by atoms with Crippen molar-refractivity contribution in [3.8, 4) is 0 Å². The summed E-state index contributed by atoms with van der Waals surface area (Å²) in [7, 11) is 1.90. The maximum Gasteiger partial charge on any atom is 0.310 e. The zero-order valence-electron chi connectivity index (χ0n) is 12.8. The lowest BCUT2D eigenvalue weighted by atomic mass is 10.1. The fourth-order valence-corrected chi connectivity index (χ4v) is 2.75. The third-order valence-electron chi connectivity index (χ3n) is 4.06. The SMILES string of the molecule is Cc1nn(C)c(C)c1CC(=O)OCCCN1CCCC1. The topological polar surface area (TPSA) is 47.4 Å². The molecule has 0 saturated carbocycles. The Morgan fingerprint density at radius 1 is 1.30 bits per heavy atom. The number of aromatic nitrogens is 2. The molecule has 0 N–H and O–H groups in total. The maximum atomic E-state index is 11.8. The van der Waals surface area contributed by atoms with Gasteiger partial charge >= 0.3 is 5.97 Å². The molecule has 0 aliphatic carbocycles. The summed E-state index contributed by atoms with van der Waals surface area (Å²) in [5.74, 6) is -0.148. The van der Waals surface area contributed by atoms with Crippen LogP contribution in [0.4, 0.5) is 0 Å². The summed E-state index contributed by atoms with van der Waals surface area (Å²) < 4.78 is 7.13. The molecule has 5 nitrogen and oxygen atoms in total. The lowest BCUT2D eigenvalue weighted by Gasteiger charge is -2.14. The monoisotopic (exact) mass is 279 g/mol. The Bertz CT molecular complexity index is 462. The Morgan fingerprint density at radius 2 is 2.00 bits per heavy atom. The van der Waals surface area contributed by atoms with E-state index in [1.165, 1.54) is 25.9 Å². The van der Waals surface area contributed by atoms with Crippen LogP contribution < -0.4 is 0 Å². The number of esters is 1. The minimum Gasteiger partial charge on any atom is -0.465 e. The molecule has 5 heteroatoms. The molecular weight excluding hydrogens is 254 g/mol. The van der Waals surface area contributed by atoms with Gasteiger partial charge in [-0.3, -0.25) is 9.48 Å². The van der Waals surface area contributed by atoms with E-state index in [2.05, 4.69) is 10.00 Å². The molecule has 1 saturated heterocycles. The summed E-state index contributed by atoms with van der Waals surface area (Å²) in [6.45, 7) is 7.87. The van der Waals surface area contributed by atoms with Crippen molar-refractivity contribution in [2.75, 3.05) is 26.2 Å². The van der Waals surface area contributed by atoms with Gasteiger partial charge in [0.15, 0.2) is 0 Å². The van der Waals surface area contributed by atoms with E-state index in [0.717, 1.165) is 29.9 Å². The molecule has 112 valence electrons.